The largest absolute Gasteiger partial charge is 0.398 e. The number of ketones is 1. The third-order valence-electron chi connectivity index (χ3n) is 1.76. The molecule has 0 aromatic carbocycles. The van der Waals surface area contributed by atoms with Gasteiger partial charge in [0.05, 0.1) is 0 Å². The van der Waals surface area contributed by atoms with Crippen LogP contribution in [0.5, 0.6) is 0 Å². The number of carbonyl (C=O) groups is 1. The Balaban J connectivity index is 2.75. The number of anilines is 1. The van der Waals surface area contributed by atoms with Crippen molar-refractivity contribution in [3.63, 3.8) is 0 Å². The summed E-state index contributed by atoms with van der Waals surface area (Å²) in [6.07, 6.45) is 5.19. The summed E-state index contributed by atoms with van der Waals surface area (Å²) in [5, 5.41) is 0. The molecule has 0 saturated carbocycles. The smallest absolute Gasteiger partial charge is 0.160 e. The molecule has 3 heteroatoms. The molecule has 0 bridgehead atoms. The van der Waals surface area contributed by atoms with Crippen molar-refractivity contribution in [2.45, 2.75) is 20.3 Å². The van der Waals surface area contributed by atoms with Crippen LogP contribution in [0.1, 0.15) is 19.4 Å². The summed E-state index contributed by atoms with van der Waals surface area (Å²) < 4.78 is 0. The predicted molar refractivity (Wildman–Crippen MR) is 56.8 cm³/mol. The highest BCUT2D eigenvalue weighted by atomic mass is 16.1. The molecule has 0 spiro atoms. The Bertz CT molecular complexity index is 365. The van der Waals surface area contributed by atoms with Crippen LogP contribution in [0.25, 0.3) is 0 Å². The maximum Gasteiger partial charge on any atom is 0.160 e. The number of nitrogen functional groups attached to an aromatic ring is 1. The highest BCUT2D eigenvalue weighted by molar-refractivity contribution is 5.92. The second kappa shape index (κ2) is 4.56. The highest BCUT2D eigenvalue weighted by Crippen LogP contribution is 2.10. The Labute approximate surface area is 83.7 Å². The Morgan fingerprint density at radius 3 is 2.86 bits per heavy atom. The SMILES string of the molecule is CC(C)=CC(=O)Cc1cnccc1N. The van der Waals surface area contributed by atoms with E-state index in [1.165, 1.54) is 0 Å². The van der Waals surface area contributed by atoms with E-state index in [2.05, 4.69) is 4.98 Å². The van der Waals surface area contributed by atoms with Crippen molar-refractivity contribution in [1.82, 2.24) is 4.98 Å². The molecule has 0 fully saturated rings. The van der Waals surface area contributed by atoms with Crippen molar-refractivity contribution < 1.29 is 4.79 Å². The Morgan fingerprint density at radius 1 is 1.57 bits per heavy atom. The molecule has 3 nitrogen and oxygen atoms in total. The number of nitrogens with zero attached hydrogens (tertiary/aromatic N) is 1. The monoisotopic (exact) mass is 190 g/mol. The first-order chi connectivity index (χ1) is 6.59. The first-order valence-corrected chi connectivity index (χ1v) is 4.45. The highest BCUT2D eigenvalue weighted by Gasteiger charge is 2.03. The fraction of sp³-hybridized carbons (Fsp3) is 0.273. The van der Waals surface area contributed by atoms with Crippen molar-refractivity contribution in [3.05, 3.63) is 35.7 Å². The third-order valence-corrected chi connectivity index (χ3v) is 1.76. The van der Waals surface area contributed by atoms with E-state index in [-0.39, 0.29) is 5.78 Å². The number of allylic oxidation sites excluding steroid dienone is 2. The summed E-state index contributed by atoms with van der Waals surface area (Å²) in [7, 11) is 0. The van der Waals surface area contributed by atoms with Gasteiger partial charge < -0.3 is 5.73 Å². The van der Waals surface area contributed by atoms with E-state index in [0.29, 0.717) is 12.1 Å². The van der Waals surface area contributed by atoms with E-state index in [0.717, 1.165) is 11.1 Å². The first-order valence-electron chi connectivity index (χ1n) is 4.45. The maximum absolute atomic E-state index is 11.4. The molecule has 1 heterocycles. The first kappa shape index (κ1) is 10.4. The van der Waals surface area contributed by atoms with Crippen molar-refractivity contribution in [2.75, 3.05) is 5.73 Å². The van der Waals surface area contributed by atoms with E-state index in [1.54, 1.807) is 24.5 Å². The summed E-state index contributed by atoms with van der Waals surface area (Å²) in [5.74, 6) is 0.0599. The van der Waals surface area contributed by atoms with Crippen LogP contribution in [0.15, 0.2) is 30.1 Å². The van der Waals surface area contributed by atoms with Crippen LogP contribution in [0.3, 0.4) is 0 Å². The zero-order chi connectivity index (χ0) is 10.6. The third kappa shape index (κ3) is 3.01. The van der Waals surface area contributed by atoms with Crippen LogP contribution in [-0.4, -0.2) is 10.8 Å². The van der Waals surface area contributed by atoms with Gasteiger partial charge in [-0.25, -0.2) is 0 Å². The topological polar surface area (TPSA) is 56.0 Å². The van der Waals surface area contributed by atoms with Crippen LogP contribution < -0.4 is 5.73 Å². The molecule has 0 saturated heterocycles. The molecule has 2 N–H and O–H groups in total. The van der Waals surface area contributed by atoms with Gasteiger partial charge in [0.2, 0.25) is 0 Å². The standard InChI is InChI=1S/C11H14N2O/c1-8(2)5-10(14)6-9-7-13-4-3-11(9)12/h3-5,7H,6H2,1-2H3,(H2,12,13). The molecule has 0 radical (unpaired) electrons. The normalized spacial score (nSPS) is 9.57. The van der Waals surface area contributed by atoms with Gasteiger partial charge in [-0.1, -0.05) is 5.57 Å². The summed E-state index contributed by atoms with van der Waals surface area (Å²) >= 11 is 0. The molecule has 14 heavy (non-hydrogen) atoms. The van der Waals surface area contributed by atoms with Crippen molar-refractivity contribution in [2.24, 2.45) is 0 Å². The number of aromatic nitrogens is 1. The van der Waals surface area contributed by atoms with Gasteiger partial charge in [0, 0.05) is 30.1 Å². The minimum Gasteiger partial charge on any atom is -0.398 e. The van der Waals surface area contributed by atoms with E-state index in [9.17, 15) is 4.79 Å². The van der Waals surface area contributed by atoms with Crippen LogP contribution in [-0.2, 0) is 11.2 Å². The van der Waals surface area contributed by atoms with Crippen molar-refractivity contribution >= 4 is 11.5 Å². The zero-order valence-electron chi connectivity index (χ0n) is 8.45. The molecule has 0 aliphatic carbocycles. The average molecular weight is 190 g/mol. The van der Waals surface area contributed by atoms with E-state index in [1.807, 2.05) is 13.8 Å². The number of nitrogens with two attached hydrogens (primary N) is 1. The quantitative estimate of drug-likeness (QED) is 0.738. The lowest BCUT2D eigenvalue weighted by Gasteiger charge is -2.01. The second-order valence-electron chi connectivity index (χ2n) is 3.44. The molecule has 0 aliphatic heterocycles. The minimum atomic E-state index is 0.0599. The summed E-state index contributed by atoms with van der Waals surface area (Å²) in [4.78, 5) is 15.3. The Hall–Kier alpha value is -1.64. The molecule has 0 amide bonds. The predicted octanol–water partition coefficient (Wildman–Crippen LogP) is 1.74. The van der Waals surface area contributed by atoms with Gasteiger partial charge in [-0.15, -0.1) is 0 Å². The van der Waals surface area contributed by atoms with E-state index >= 15 is 0 Å². The number of pyridine rings is 1. The Kier molecular flexibility index (Phi) is 3.40. The van der Waals surface area contributed by atoms with Gasteiger partial charge in [-0.05, 0) is 26.0 Å². The molecule has 1 aromatic rings. The second-order valence-corrected chi connectivity index (χ2v) is 3.44. The summed E-state index contributed by atoms with van der Waals surface area (Å²) in [6.45, 7) is 3.79. The van der Waals surface area contributed by atoms with Crippen LogP contribution in [0.4, 0.5) is 5.69 Å². The minimum absolute atomic E-state index is 0.0599. The molecule has 1 rings (SSSR count). The average Bonchev–Trinajstić information content (AvgIpc) is 2.07. The number of hydrogen-bond acceptors (Lipinski definition) is 3. The van der Waals surface area contributed by atoms with Crippen LogP contribution >= 0.6 is 0 Å². The van der Waals surface area contributed by atoms with Gasteiger partial charge in [0.1, 0.15) is 0 Å². The molecule has 0 aliphatic rings. The molecule has 74 valence electrons. The van der Waals surface area contributed by atoms with Gasteiger partial charge in [-0.2, -0.15) is 0 Å². The zero-order valence-corrected chi connectivity index (χ0v) is 8.45. The Morgan fingerprint density at radius 2 is 2.29 bits per heavy atom. The van der Waals surface area contributed by atoms with E-state index in [4.69, 9.17) is 5.73 Å². The lowest BCUT2D eigenvalue weighted by molar-refractivity contribution is -0.114. The molecular weight excluding hydrogens is 176 g/mol. The lowest BCUT2D eigenvalue weighted by atomic mass is 10.1. The molecular formula is C11H14N2O. The van der Waals surface area contributed by atoms with Gasteiger partial charge >= 0.3 is 0 Å². The fourth-order valence-corrected chi connectivity index (χ4v) is 1.15. The molecule has 0 unspecified atom stereocenters. The maximum atomic E-state index is 11.4. The van der Waals surface area contributed by atoms with Gasteiger partial charge in [0.15, 0.2) is 5.78 Å². The molecule has 0 atom stereocenters. The van der Waals surface area contributed by atoms with Gasteiger partial charge in [0.25, 0.3) is 0 Å². The number of carbonyl (C=O) groups excluding carboxylic acids is 1. The number of rotatable bonds is 3. The van der Waals surface area contributed by atoms with Crippen LogP contribution in [0.2, 0.25) is 0 Å². The van der Waals surface area contributed by atoms with E-state index < -0.39 is 0 Å². The summed E-state index contributed by atoms with van der Waals surface area (Å²) in [5.41, 5.74) is 8.09. The van der Waals surface area contributed by atoms with Crippen molar-refractivity contribution in [3.8, 4) is 0 Å². The molecule has 1 aromatic heterocycles. The van der Waals surface area contributed by atoms with Gasteiger partial charge in [-0.3, -0.25) is 9.78 Å². The van der Waals surface area contributed by atoms with Crippen molar-refractivity contribution in [1.29, 1.82) is 0 Å². The number of hydrogen-bond donors (Lipinski definition) is 1. The fourth-order valence-electron chi connectivity index (χ4n) is 1.15. The van der Waals surface area contributed by atoms with Crippen LogP contribution in [0, 0.1) is 0 Å². The summed E-state index contributed by atoms with van der Waals surface area (Å²) in [6, 6.07) is 1.70. The lowest BCUT2D eigenvalue weighted by Crippen LogP contribution is -2.03.